The summed E-state index contributed by atoms with van der Waals surface area (Å²) in [7, 11) is 4.52. The van der Waals surface area contributed by atoms with Gasteiger partial charge in [0.15, 0.2) is 23.0 Å². The summed E-state index contributed by atoms with van der Waals surface area (Å²) in [4.78, 5) is 36.7. The summed E-state index contributed by atoms with van der Waals surface area (Å²) >= 11 is 0. The van der Waals surface area contributed by atoms with Gasteiger partial charge in [0.25, 0.3) is 0 Å². The third-order valence-electron chi connectivity index (χ3n) is 6.97. The Labute approximate surface area is 237 Å². The van der Waals surface area contributed by atoms with Crippen molar-refractivity contribution in [2.75, 3.05) is 34.7 Å². The SMILES string of the molecule is CC(C)N.COc1cc([C@@H]2c3cc4c(cc3[C@H](OC(=O)CCC(=O)O)[C@H]3COC(=O)[C@H]23)OCO4)cc(OC)c1OC. The first-order chi connectivity index (χ1) is 19.6. The van der Waals surface area contributed by atoms with Gasteiger partial charge in [-0.05, 0) is 41.4 Å². The van der Waals surface area contributed by atoms with Crippen LogP contribution in [0.4, 0.5) is 0 Å². The summed E-state index contributed by atoms with van der Waals surface area (Å²) in [6.45, 7) is 3.96. The van der Waals surface area contributed by atoms with Crippen LogP contribution in [0.25, 0.3) is 0 Å². The Morgan fingerprint density at radius 3 is 2.07 bits per heavy atom. The maximum atomic E-state index is 13.1. The van der Waals surface area contributed by atoms with Crippen LogP contribution in [-0.4, -0.2) is 63.8 Å². The molecule has 0 amide bonds. The zero-order chi connectivity index (χ0) is 29.8. The van der Waals surface area contributed by atoms with Gasteiger partial charge in [-0.1, -0.05) is 13.8 Å². The number of carbonyl (C=O) groups excluding carboxylic acids is 2. The molecule has 5 rings (SSSR count). The average molecular weight is 574 g/mol. The number of cyclic esters (lactones) is 1. The summed E-state index contributed by atoms with van der Waals surface area (Å²) in [6, 6.07) is 7.42. The van der Waals surface area contributed by atoms with Crippen molar-refractivity contribution in [2.24, 2.45) is 17.6 Å². The zero-order valence-corrected chi connectivity index (χ0v) is 23.6. The van der Waals surface area contributed by atoms with E-state index in [1.807, 2.05) is 13.8 Å². The van der Waals surface area contributed by atoms with Gasteiger partial charge in [-0.3, -0.25) is 14.4 Å². The van der Waals surface area contributed by atoms with E-state index in [1.54, 1.807) is 24.3 Å². The molecule has 0 radical (unpaired) electrons. The Kier molecular flexibility index (Phi) is 9.11. The quantitative estimate of drug-likeness (QED) is 0.444. The Balaban J connectivity index is 0.000000909. The molecule has 3 aliphatic rings. The van der Waals surface area contributed by atoms with Crippen LogP contribution in [0.2, 0.25) is 0 Å². The zero-order valence-electron chi connectivity index (χ0n) is 23.6. The smallest absolute Gasteiger partial charge is 0.310 e. The van der Waals surface area contributed by atoms with Crippen LogP contribution in [0.3, 0.4) is 0 Å². The van der Waals surface area contributed by atoms with Crippen molar-refractivity contribution in [1.82, 2.24) is 0 Å². The molecule has 41 heavy (non-hydrogen) atoms. The molecule has 0 spiro atoms. The van der Waals surface area contributed by atoms with E-state index in [0.29, 0.717) is 51.5 Å². The van der Waals surface area contributed by atoms with Crippen molar-refractivity contribution >= 4 is 17.9 Å². The van der Waals surface area contributed by atoms with Crippen molar-refractivity contribution < 1.29 is 52.6 Å². The molecule has 222 valence electrons. The van der Waals surface area contributed by atoms with E-state index < -0.39 is 41.8 Å². The van der Waals surface area contributed by atoms with Gasteiger partial charge in [-0.25, -0.2) is 0 Å². The predicted octanol–water partition coefficient (Wildman–Crippen LogP) is 3.18. The van der Waals surface area contributed by atoms with Gasteiger partial charge >= 0.3 is 17.9 Å². The standard InChI is InChI=1S/C26H26O11.C3H9N/c1-31-18-6-12(7-19(32-2)25(18)33-3)22-13-8-16-17(36-11-35-16)9-14(13)24(15-10-34-26(30)23(15)22)37-21(29)5-4-20(27)28;1-3(2)4/h6-9,15,22-24H,4-5,10-11H2,1-3H3,(H,27,28);3H,4H2,1-2H3/t15-,22+,23-,24-;/m0./s1. The number of esters is 2. The summed E-state index contributed by atoms with van der Waals surface area (Å²) in [5.41, 5.74) is 7.14. The lowest BCUT2D eigenvalue weighted by molar-refractivity contribution is -0.156. The number of fused-ring (bicyclic) bond motifs is 3. The second-order valence-corrected chi connectivity index (χ2v) is 10.1. The Morgan fingerprint density at radius 2 is 1.54 bits per heavy atom. The minimum atomic E-state index is -1.11. The van der Waals surface area contributed by atoms with Crippen molar-refractivity contribution in [1.29, 1.82) is 0 Å². The second-order valence-electron chi connectivity index (χ2n) is 10.1. The van der Waals surface area contributed by atoms with Crippen LogP contribution in [0.15, 0.2) is 24.3 Å². The summed E-state index contributed by atoms with van der Waals surface area (Å²) in [5.74, 6) is -1.73. The predicted molar refractivity (Wildman–Crippen MR) is 143 cm³/mol. The molecule has 1 saturated heterocycles. The molecular weight excluding hydrogens is 538 g/mol. The van der Waals surface area contributed by atoms with Crippen molar-refractivity contribution in [3.8, 4) is 28.7 Å². The number of nitrogens with two attached hydrogens (primary N) is 1. The number of benzene rings is 2. The monoisotopic (exact) mass is 573 g/mol. The van der Waals surface area contributed by atoms with Gasteiger partial charge in [0, 0.05) is 17.4 Å². The lowest BCUT2D eigenvalue weighted by Gasteiger charge is -2.38. The normalized spacial score (nSPS) is 21.6. The van der Waals surface area contributed by atoms with E-state index >= 15 is 0 Å². The Bertz CT molecular complexity index is 1280. The van der Waals surface area contributed by atoms with Crippen molar-refractivity contribution in [2.45, 2.75) is 44.8 Å². The fourth-order valence-electron chi connectivity index (χ4n) is 5.35. The van der Waals surface area contributed by atoms with Crippen molar-refractivity contribution in [3.63, 3.8) is 0 Å². The minimum Gasteiger partial charge on any atom is -0.493 e. The van der Waals surface area contributed by atoms with E-state index in [9.17, 15) is 14.4 Å². The molecule has 1 aliphatic carbocycles. The van der Waals surface area contributed by atoms with Crippen LogP contribution >= 0.6 is 0 Å². The molecule has 0 unspecified atom stereocenters. The summed E-state index contributed by atoms with van der Waals surface area (Å²) < 4.78 is 39.0. The highest BCUT2D eigenvalue weighted by molar-refractivity contribution is 5.80. The number of carboxylic acid groups (broad SMARTS) is 1. The largest absolute Gasteiger partial charge is 0.493 e. The third-order valence-corrected chi connectivity index (χ3v) is 6.97. The highest BCUT2D eigenvalue weighted by atomic mass is 16.7. The highest BCUT2D eigenvalue weighted by Gasteiger charge is 2.54. The molecule has 2 heterocycles. The number of carboxylic acids is 1. The average Bonchev–Trinajstić information content (AvgIpc) is 3.56. The number of carbonyl (C=O) groups is 3. The first-order valence-corrected chi connectivity index (χ1v) is 13.2. The Hall–Kier alpha value is -4.19. The molecule has 2 aliphatic heterocycles. The molecule has 3 N–H and O–H groups in total. The third kappa shape index (κ3) is 6.12. The van der Waals surface area contributed by atoms with Gasteiger partial charge in [-0.2, -0.15) is 0 Å². The molecule has 2 aromatic carbocycles. The van der Waals surface area contributed by atoms with E-state index in [-0.39, 0.29) is 26.2 Å². The molecular formula is C29H35NO11. The summed E-state index contributed by atoms with van der Waals surface area (Å²) in [5, 5.41) is 8.97. The van der Waals surface area contributed by atoms with Crippen LogP contribution < -0.4 is 29.4 Å². The van der Waals surface area contributed by atoms with Crippen LogP contribution in [0.5, 0.6) is 28.7 Å². The number of hydrogen-bond acceptors (Lipinski definition) is 11. The van der Waals surface area contributed by atoms with Gasteiger partial charge in [0.2, 0.25) is 12.5 Å². The van der Waals surface area contributed by atoms with E-state index in [0.717, 1.165) is 0 Å². The lowest BCUT2D eigenvalue weighted by Crippen LogP contribution is -2.36. The molecule has 0 aromatic heterocycles. The fourth-order valence-corrected chi connectivity index (χ4v) is 5.35. The number of hydrogen-bond donors (Lipinski definition) is 2. The second kappa shape index (κ2) is 12.5. The maximum Gasteiger partial charge on any atom is 0.310 e. The lowest BCUT2D eigenvalue weighted by atomic mass is 9.66. The van der Waals surface area contributed by atoms with Crippen LogP contribution in [-0.2, 0) is 23.9 Å². The molecule has 0 bridgehead atoms. The highest BCUT2D eigenvalue weighted by Crippen LogP contribution is 2.56. The van der Waals surface area contributed by atoms with Crippen LogP contribution in [0.1, 0.15) is 55.4 Å². The van der Waals surface area contributed by atoms with E-state index in [4.69, 9.17) is 44.0 Å². The van der Waals surface area contributed by atoms with Crippen LogP contribution in [0, 0.1) is 11.8 Å². The Morgan fingerprint density at radius 1 is 0.951 bits per heavy atom. The molecule has 0 saturated carbocycles. The minimum absolute atomic E-state index is 0.0328. The molecule has 4 atom stereocenters. The topological polar surface area (TPSA) is 162 Å². The van der Waals surface area contributed by atoms with Crippen molar-refractivity contribution in [3.05, 3.63) is 41.0 Å². The fraction of sp³-hybridized carbons (Fsp3) is 0.483. The first kappa shape index (κ1) is 29.8. The number of methoxy groups -OCH3 is 3. The molecule has 2 aromatic rings. The van der Waals surface area contributed by atoms with Gasteiger partial charge in [0.05, 0.1) is 46.7 Å². The van der Waals surface area contributed by atoms with Gasteiger partial charge < -0.3 is 44.0 Å². The molecule has 1 fully saturated rings. The molecule has 12 nitrogen and oxygen atoms in total. The number of rotatable bonds is 8. The van der Waals surface area contributed by atoms with Gasteiger partial charge in [0.1, 0.15) is 6.10 Å². The summed E-state index contributed by atoms with van der Waals surface area (Å²) in [6.07, 6.45) is -1.51. The number of ether oxygens (including phenoxy) is 7. The van der Waals surface area contributed by atoms with E-state index in [1.165, 1.54) is 21.3 Å². The first-order valence-electron chi connectivity index (χ1n) is 13.2. The van der Waals surface area contributed by atoms with Gasteiger partial charge in [-0.15, -0.1) is 0 Å². The number of aliphatic carboxylic acids is 1. The van der Waals surface area contributed by atoms with E-state index in [2.05, 4.69) is 0 Å². The maximum absolute atomic E-state index is 13.1. The molecule has 12 heteroatoms.